The SMILES string of the molecule is CNC(=O)c1cccc(NC(=O)[C@@H]2CC(=O)N(c3ccccc3F)C2)c1. The van der Waals surface area contributed by atoms with Gasteiger partial charge in [0.15, 0.2) is 0 Å². The summed E-state index contributed by atoms with van der Waals surface area (Å²) in [6.07, 6.45) is 0.00923. The van der Waals surface area contributed by atoms with Gasteiger partial charge in [-0.3, -0.25) is 14.4 Å². The van der Waals surface area contributed by atoms with E-state index in [1.807, 2.05) is 0 Å². The van der Waals surface area contributed by atoms with Crippen LogP contribution in [0.25, 0.3) is 0 Å². The van der Waals surface area contributed by atoms with E-state index >= 15 is 0 Å². The lowest BCUT2D eigenvalue weighted by Gasteiger charge is -2.17. The second kappa shape index (κ2) is 7.35. The van der Waals surface area contributed by atoms with Gasteiger partial charge in [-0.15, -0.1) is 0 Å². The average Bonchev–Trinajstić information content (AvgIpc) is 3.03. The van der Waals surface area contributed by atoms with Crippen LogP contribution in [0.2, 0.25) is 0 Å². The summed E-state index contributed by atoms with van der Waals surface area (Å²) in [5.74, 6) is -1.99. The van der Waals surface area contributed by atoms with Crippen LogP contribution in [0.3, 0.4) is 0 Å². The molecule has 1 aliphatic rings. The quantitative estimate of drug-likeness (QED) is 0.882. The van der Waals surface area contributed by atoms with E-state index in [4.69, 9.17) is 0 Å². The van der Waals surface area contributed by atoms with E-state index in [-0.39, 0.29) is 36.4 Å². The molecule has 0 aliphatic carbocycles. The van der Waals surface area contributed by atoms with E-state index in [2.05, 4.69) is 10.6 Å². The highest BCUT2D eigenvalue weighted by Crippen LogP contribution is 2.28. The zero-order chi connectivity index (χ0) is 18.7. The molecular formula is C19H18FN3O3. The summed E-state index contributed by atoms with van der Waals surface area (Å²) >= 11 is 0. The lowest BCUT2D eigenvalue weighted by Crippen LogP contribution is -2.28. The zero-order valence-electron chi connectivity index (χ0n) is 14.2. The number of amides is 3. The molecule has 0 unspecified atom stereocenters. The third kappa shape index (κ3) is 3.56. The van der Waals surface area contributed by atoms with Crippen LogP contribution in [0.4, 0.5) is 15.8 Å². The molecule has 7 heteroatoms. The molecule has 0 saturated carbocycles. The summed E-state index contributed by atoms with van der Waals surface area (Å²) < 4.78 is 13.9. The van der Waals surface area contributed by atoms with E-state index in [0.717, 1.165) is 0 Å². The van der Waals surface area contributed by atoms with Crippen molar-refractivity contribution < 1.29 is 18.8 Å². The van der Waals surface area contributed by atoms with Crippen molar-refractivity contribution in [1.82, 2.24) is 5.32 Å². The first-order valence-corrected chi connectivity index (χ1v) is 8.17. The van der Waals surface area contributed by atoms with E-state index in [1.54, 1.807) is 36.4 Å². The van der Waals surface area contributed by atoms with Crippen LogP contribution < -0.4 is 15.5 Å². The van der Waals surface area contributed by atoms with Crippen molar-refractivity contribution in [2.45, 2.75) is 6.42 Å². The first-order chi connectivity index (χ1) is 12.5. The van der Waals surface area contributed by atoms with Gasteiger partial charge in [-0.05, 0) is 30.3 Å². The smallest absolute Gasteiger partial charge is 0.251 e. The van der Waals surface area contributed by atoms with Gasteiger partial charge < -0.3 is 15.5 Å². The lowest BCUT2D eigenvalue weighted by atomic mass is 10.1. The third-order valence-electron chi connectivity index (χ3n) is 4.26. The Hall–Kier alpha value is -3.22. The normalized spacial score (nSPS) is 16.5. The minimum absolute atomic E-state index is 0.00923. The van der Waals surface area contributed by atoms with Crippen molar-refractivity contribution in [2.75, 3.05) is 23.8 Å². The molecule has 26 heavy (non-hydrogen) atoms. The highest BCUT2D eigenvalue weighted by atomic mass is 19.1. The van der Waals surface area contributed by atoms with Crippen LogP contribution in [0.5, 0.6) is 0 Å². The Labute approximate surface area is 150 Å². The number of carbonyl (C=O) groups is 3. The average molecular weight is 355 g/mol. The summed E-state index contributed by atoms with van der Waals surface area (Å²) in [5.41, 5.74) is 1.06. The van der Waals surface area contributed by atoms with Crippen LogP contribution >= 0.6 is 0 Å². The Bertz CT molecular complexity index is 869. The van der Waals surface area contributed by atoms with Gasteiger partial charge in [-0.25, -0.2) is 4.39 Å². The number of rotatable bonds is 4. The largest absolute Gasteiger partial charge is 0.355 e. The van der Waals surface area contributed by atoms with Gasteiger partial charge in [-0.1, -0.05) is 18.2 Å². The molecule has 1 heterocycles. The number of carbonyl (C=O) groups excluding carboxylic acids is 3. The molecule has 1 atom stereocenters. The van der Waals surface area contributed by atoms with Crippen molar-refractivity contribution in [3.63, 3.8) is 0 Å². The van der Waals surface area contributed by atoms with Crippen molar-refractivity contribution in [3.05, 3.63) is 59.9 Å². The van der Waals surface area contributed by atoms with E-state index < -0.39 is 11.7 Å². The molecular weight excluding hydrogens is 337 g/mol. The van der Waals surface area contributed by atoms with Gasteiger partial charge >= 0.3 is 0 Å². The number of benzene rings is 2. The van der Waals surface area contributed by atoms with E-state index in [9.17, 15) is 18.8 Å². The van der Waals surface area contributed by atoms with Gasteiger partial charge in [0.05, 0.1) is 11.6 Å². The van der Waals surface area contributed by atoms with Gasteiger partial charge in [0.1, 0.15) is 5.82 Å². The molecule has 2 aromatic rings. The number of nitrogens with one attached hydrogen (secondary N) is 2. The number of halogens is 1. The first kappa shape index (κ1) is 17.6. The number of nitrogens with zero attached hydrogens (tertiary/aromatic N) is 1. The number of para-hydroxylation sites is 1. The summed E-state index contributed by atoms with van der Waals surface area (Å²) in [7, 11) is 1.52. The predicted octanol–water partition coefficient (Wildman–Crippen LogP) is 2.18. The van der Waals surface area contributed by atoms with Crippen molar-refractivity contribution >= 4 is 29.1 Å². The van der Waals surface area contributed by atoms with Crippen LogP contribution in [0, 0.1) is 11.7 Å². The molecule has 134 valence electrons. The van der Waals surface area contributed by atoms with Crippen molar-refractivity contribution in [2.24, 2.45) is 5.92 Å². The number of hydrogen-bond donors (Lipinski definition) is 2. The van der Waals surface area contributed by atoms with Gasteiger partial charge in [0, 0.05) is 31.3 Å². The molecule has 2 aromatic carbocycles. The third-order valence-corrected chi connectivity index (χ3v) is 4.26. The fourth-order valence-corrected chi connectivity index (χ4v) is 2.91. The molecule has 3 amide bonds. The Kier molecular flexibility index (Phi) is 4.97. The topological polar surface area (TPSA) is 78.5 Å². The highest BCUT2D eigenvalue weighted by Gasteiger charge is 2.36. The fourth-order valence-electron chi connectivity index (χ4n) is 2.91. The Morgan fingerprint density at radius 1 is 1.15 bits per heavy atom. The van der Waals surface area contributed by atoms with Crippen LogP contribution in [-0.4, -0.2) is 31.3 Å². The second-order valence-electron chi connectivity index (χ2n) is 6.01. The Morgan fingerprint density at radius 3 is 2.65 bits per heavy atom. The summed E-state index contributed by atoms with van der Waals surface area (Å²) in [6, 6.07) is 12.5. The molecule has 0 radical (unpaired) electrons. The monoisotopic (exact) mass is 355 g/mol. The van der Waals surface area contributed by atoms with Crippen LogP contribution in [0.1, 0.15) is 16.8 Å². The zero-order valence-corrected chi connectivity index (χ0v) is 14.2. The molecule has 1 fully saturated rings. The molecule has 0 bridgehead atoms. The highest BCUT2D eigenvalue weighted by molar-refractivity contribution is 6.04. The molecule has 1 aliphatic heterocycles. The minimum Gasteiger partial charge on any atom is -0.355 e. The Balaban J connectivity index is 1.71. The van der Waals surface area contributed by atoms with Gasteiger partial charge in [-0.2, -0.15) is 0 Å². The first-order valence-electron chi connectivity index (χ1n) is 8.17. The summed E-state index contributed by atoms with van der Waals surface area (Å²) in [4.78, 5) is 37.7. The van der Waals surface area contributed by atoms with Crippen LogP contribution in [0.15, 0.2) is 48.5 Å². The summed E-state index contributed by atoms with van der Waals surface area (Å²) in [6.45, 7) is 0.112. The molecule has 1 saturated heterocycles. The molecule has 2 N–H and O–H groups in total. The van der Waals surface area contributed by atoms with Gasteiger partial charge in [0.2, 0.25) is 11.8 Å². The standard InChI is InChI=1S/C19H18FN3O3/c1-21-18(25)12-5-4-6-14(9-12)22-19(26)13-10-17(24)23(11-13)16-8-3-2-7-15(16)20/h2-9,13H,10-11H2,1H3,(H,21,25)(H,22,26)/t13-/m1/s1. The minimum atomic E-state index is -0.592. The Morgan fingerprint density at radius 2 is 1.92 bits per heavy atom. The maximum atomic E-state index is 13.9. The molecule has 6 nitrogen and oxygen atoms in total. The fraction of sp³-hybridized carbons (Fsp3) is 0.211. The molecule has 0 aromatic heterocycles. The maximum Gasteiger partial charge on any atom is 0.251 e. The van der Waals surface area contributed by atoms with Crippen LogP contribution in [-0.2, 0) is 9.59 Å². The number of anilines is 2. The number of hydrogen-bond acceptors (Lipinski definition) is 3. The molecule has 0 spiro atoms. The van der Waals surface area contributed by atoms with E-state index in [1.165, 1.54) is 24.1 Å². The van der Waals surface area contributed by atoms with Crippen molar-refractivity contribution in [3.8, 4) is 0 Å². The lowest BCUT2D eigenvalue weighted by molar-refractivity contribution is -0.122. The predicted molar refractivity (Wildman–Crippen MR) is 95.3 cm³/mol. The summed E-state index contributed by atoms with van der Waals surface area (Å²) in [5, 5.41) is 5.23. The molecule has 3 rings (SSSR count). The van der Waals surface area contributed by atoms with Gasteiger partial charge in [0.25, 0.3) is 5.91 Å². The maximum absolute atomic E-state index is 13.9. The van der Waals surface area contributed by atoms with Crippen molar-refractivity contribution in [1.29, 1.82) is 0 Å². The van der Waals surface area contributed by atoms with E-state index in [0.29, 0.717) is 11.3 Å². The second-order valence-corrected chi connectivity index (χ2v) is 6.01.